The Balaban J connectivity index is 3.59. The van der Waals surface area contributed by atoms with Crippen molar-refractivity contribution in [1.82, 2.24) is 4.90 Å². The van der Waals surface area contributed by atoms with Gasteiger partial charge in [0.1, 0.15) is 0 Å². The van der Waals surface area contributed by atoms with Crippen LogP contribution in [-0.2, 0) is 10.1 Å². The van der Waals surface area contributed by atoms with Gasteiger partial charge in [-0.2, -0.15) is 8.42 Å². The van der Waals surface area contributed by atoms with Gasteiger partial charge < -0.3 is 10.0 Å². The molecule has 0 fully saturated rings. The molecule has 0 spiro atoms. The summed E-state index contributed by atoms with van der Waals surface area (Å²) < 4.78 is 29.2. The number of hydrogen-bond acceptors (Lipinski definition) is 4. The van der Waals surface area contributed by atoms with Gasteiger partial charge >= 0.3 is 0 Å². The lowest BCUT2D eigenvalue weighted by molar-refractivity contribution is 0.122. The molecule has 0 saturated heterocycles. The second kappa shape index (κ2) is 6.34. The second-order valence-electron chi connectivity index (χ2n) is 3.46. The first-order valence-corrected chi connectivity index (χ1v) is 6.28. The molecule has 14 heavy (non-hydrogen) atoms. The average Bonchev–Trinajstić information content (AvgIpc) is 2.01. The molecule has 0 amide bonds. The van der Waals surface area contributed by atoms with Gasteiger partial charge in [0, 0.05) is 6.54 Å². The maximum atomic E-state index is 10.4. The fourth-order valence-electron chi connectivity index (χ4n) is 1.10. The van der Waals surface area contributed by atoms with E-state index in [2.05, 4.69) is 0 Å². The molecule has 86 valence electrons. The number of aliphatic hydroxyl groups excluding tert-OH is 1. The smallest absolute Gasteiger partial charge is 0.264 e. The third-order valence-corrected chi connectivity index (χ3v) is 2.74. The molecule has 1 atom stereocenters. The van der Waals surface area contributed by atoms with E-state index in [4.69, 9.17) is 4.55 Å². The summed E-state index contributed by atoms with van der Waals surface area (Å²) in [5, 5.41) is 9.28. The summed E-state index contributed by atoms with van der Waals surface area (Å²) in [6.07, 6.45) is 0.694. The van der Waals surface area contributed by atoms with Crippen LogP contribution in [0.3, 0.4) is 0 Å². The third-order valence-electron chi connectivity index (χ3n) is 1.94. The molecule has 0 saturated carbocycles. The van der Waals surface area contributed by atoms with Crippen molar-refractivity contribution >= 4 is 10.1 Å². The molecule has 0 aromatic carbocycles. The monoisotopic (exact) mass is 225 g/mol. The van der Waals surface area contributed by atoms with Gasteiger partial charge in [-0.25, -0.2) is 0 Å². The fourth-order valence-corrected chi connectivity index (χ4v) is 1.59. The largest absolute Gasteiger partial charge is 0.392 e. The maximum absolute atomic E-state index is 10.4. The molecular weight excluding hydrogens is 206 g/mol. The highest BCUT2D eigenvalue weighted by molar-refractivity contribution is 7.85. The summed E-state index contributed by atoms with van der Waals surface area (Å²) in [7, 11) is -2.03. The summed E-state index contributed by atoms with van der Waals surface area (Å²) in [6, 6.07) is 0. The van der Waals surface area contributed by atoms with Crippen molar-refractivity contribution in [2.45, 2.75) is 25.9 Å². The molecule has 5 nitrogen and oxygen atoms in total. The number of aliphatic hydroxyl groups is 1. The zero-order valence-electron chi connectivity index (χ0n) is 8.68. The number of nitrogens with zero attached hydrogens (tertiary/aromatic N) is 1. The van der Waals surface area contributed by atoms with E-state index in [1.807, 2.05) is 18.9 Å². The highest BCUT2D eigenvalue weighted by Crippen LogP contribution is 1.96. The summed E-state index contributed by atoms with van der Waals surface area (Å²) in [5.74, 6) is -0.223. The van der Waals surface area contributed by atoms with Crippen molar-refractivity contribution < 1.29 is 18.1 Å². The molecule has 0 aromatic heterocycles. The van der Waals surface area contributed by atoms with Crippen molar-refractivity contribution in [2.24, 2.45) is 0 Å². The van der Waals surface area contributed by atoms with Crippen LogP contribution >= 0.6 is 0 Å². The Morgan fingerprint density at radius 1 is 1.43 bits per heavy atom. The fraction of sp³-hybridized carbons (Fsp3) is 1.00. The molecular formula is C8H19NO4S. The summed E-state index contributed by atoms with van der Waals surface area (Å²) in [4.78, 5) is 1.85. The van der Waals surface area contributed by atoms with E-state index in [1.54, 1.807) is 0 Å². The number of likely N-dealkylation sites (N-methyl/N-ethyl adjacent to an activating group) is 1. The molecule has 6 heteroatoms. The quantitative estimate of drug-likeness (QED) is 0.595. The van der Waals surface area contributed by atoms with Gasteiger partial charge in [0.15, 0.2) is 0 Å². The minimum Gasteiger partial charge on any atom is -0.392 e. The van der Waals surface area contributed by atoms with Crippen molar-refractivity contribution in [3.8, 4) is 0 Å². The summed E-state index contributed by atoms with van der Waals surface area (Å²) in [6.45, 7) is 2.97. The Morgan fingerprint density at radius 3 is 2.43 bits per heavy atom. The van der Waals surface area contributed by atoms with E-state index in [1.165, 1.54) is 0 Å². The van der Waals surface area contributed by atoms with E-state index >= 15 is 0 Å². The minimum atomic E-state index is -3.84. The summed E-state index contributed by atoms with van der Waals surface area (Å²) in [5.41, 5.74) is 0. The normalized spacial score (nSPS) is 14.6. The average molecular weight is 225 g/mol. The third kappa shape index (κ3) is 8.43. The topological polar surface area (TPSA) is 77.8 Å². The highest BCUT2D eigenvalue weighted by atomic mass is 32.2. The van der Waals surface area contributed by atoms with Crippen molar-refractivity contribution in [3.63, 3.8) is 0 Å². The summed E-state index contributed by atoms with van der Waals surface area (Å²) >= 11 is 0. The maximum Gasteiger partial charge on any atom is 0.264 e. The Hall–Kier alpha value is -0.170. The van der Waals surface area contributed by atoms with Crippen molar-refractivity contribution in [1.29, 1.82) is 0 Å². The van der Waals surface area contributed by atoms with Crippen LogP contribution in [0, 0.1) is 0 Å². The van der Waals surface area contributed by atoms with Crippen molar-refractivity contribution in [2.75, 3.05) is 25.9 Å². The van der Waals surface area contributed by atoms with Gasteiger partial charge in [0.25, 0.3) is 10.1 Å². The lowest BCUT2D eigenvalue weighted by Crippen LogP contribution is -2.30. The Labute approximate surface area is 85.5 Å². The Kier molecular flexibility index (Phi) is 6.26. The van der Waals surface area contributed by atoms with Crippen LogP contribution in [0.4, 0.5) is 0 Å². The number of hydrogen-bond donors (Lipinski definition) is 2. The molecule has 0 bridgehead atoms. The second-order valence-corrected chi connectivity index (χ2v) is 5.04. The van der Waals surface area contributed by atoms with Gasteiger partial charge in [-0.1, -0.05) is 6.92 Å². The van der Waals surface area contributed by atoms with E-state index in [9.17, 15) is 13.5 Å². The van der Waals surface area contributed by atoms with Crippen LogP contribution in [-0.4, -0.2) is 55.0 Å². The molecule has 2 N–H and O–H groups in total. The molecule has 0 rings (SSSR count). The molecule has 0 aliphatic rings. The predicted molar refractivity (Wildman–Crippen MR) is 54.8 cm³/mol. The van der Waals surface area contributed by atoms with Gasteiger partial charge in [0.2, 0.25) is 0 Å². The van der Waals surface area contributed by atoms with Crippen LogP contribution in [0.25, 0.3) is 0 Å². The van der Waals surface area contributed by atoms with Crippen LogP contribution in [0.5, 0.6) is 0 Å². The van der Waals surface area contributed by atoms with E-state index in [-0.39, 0.29) is 11.9 Å². The van der Waals surface area contributed by atoms with Gasteiger partial charge in [-0.05, 0) is 26.4 Å². The minimum absolute atomic E-state index is 0.223. The van der Waals surface area contributed by atoms with Gasteiger partial charge in [0.05, 0.1) is 11.9 Å². The molecule has 0 aliphatic heterocycles. The van der Waals surface area contributed by atoms with Crippen LogP contribution < -0.4 is 0 Å². The molecule has 0 aliphatic carbocycles. The lowest BCUT2D eigenvalue weighted by atomic mass is 10.2. The standard InChI is InChI=1S/C8H19NO4S/c1-3-8(10)7-9(2)5-4-6-14(11,12)13/h8,10H,3-7H2,1-2H3,(H,11,12,13). The first-order chi connectivity index (χ1) is 6.35. The van der Waals surface area contributed by atoms with E-state index < -0.39 is 10.1 Å². The SMILES string of the molecule is CCC(O)CN(C)CCCS(=O)(=O)O. The highest BCUT2D eigenvalue weighted by Gasteiger charge is 2.08. The molecule has 1 unspecified atom stereocenters. The molecule has 0 heterocycles. The van der Waals surface area contributed by atoms with Crippen molar-refractivity contribution in [3.05, 3.63) is 0 Å². The van der Waals surface area contributed by atoms with Crippen LogP contribution in [0.1, 0.15) is 19.8 Å². The Bertz CT molecular complexity index is 240. The van der Waals surface area contributed by atoms with Crippen LogP contribution in [0.2, 0.25) is 0 Å². The zero-order chi connectivity index (χ0) is 11.2. The predicted octanol–water partition coefficient (Wildman–Crippen LogP) is -0.0330. The van der Waals surface area contributed by atoms with E-state index in [0.29, 0.717) is 25.9 Å². The first-order valence-electron chi connectivity index (χ1n) is 4.67. The molecule has 0 aromatic rings. The lowest BCUT2D eigenvalue weighted by Gasteiger charge is -2.18. The zero-order valence-corrected chi connectivity index (χ0v) is 9.50. The number of rotatable bonds is 7. The molecule has 0 radical (unpaired) electrons. The Morgan fingerprint density at radius 2 is 2.00 bits per heavy atom. The van der Waals surface area contributed by atoms with Gasteiger partial charge in [-0.15, -0.1) is 0 Å². The van der Waals surface area contributed by atoms with E-state index in [0.717, 1.165) is 0 Å². The first kappa shape index (κ1) is 13.8. The van der Waals surface area contributed by atoms with Gasteiger partial charge in [-0.3, -0.25) is 4.55 Å². The van der Waals surface area contributed by atoms with Crippen LogP contribution in [0.15, 0.2) is 0 Å².